The summed E-state index contributed by atoms with van der Waals surface area (Å²) in [5.41, 5.74) is 0.987. The molecule has 2 aliphatic rings. The molecule has 136 valence electrons. The van der Waals surface area contributed by atoms with Gasteiger partial charge < -0.3 is 14.2 Å². The maximum absolute atomic E-state index is 12.2. The highest BCUT2D eigenvalue weighted by Gasteiger charge is 2.34. The molecule has 1 fully saturated rings. The van der Waals surface area contributed by atoms with Gasteiger partial charge in [0.1, 0.15) is 0 Å². The Morgan fingerprint density at radius 1 is 1.04 bits per heavy atom. The Balaban J connectivity index is 1.39. The van der Waals surface area contributed by atoms with Crippen LogP contribution in [0, 0.1) is 11.8 Å². The second-order valence-corrected chi connectivity index (χ2v) is 6.44. The molecule has 0 radical (unpaired) electrons. The van der Waals surface area contributed by atoms with Gasteiger partial charge in [0.15, 0.2) is 0 Å². The third-order valence-electron chi connectivity index (χ3n) is 4.51. The molecule has 26 heavy (non-hydrogen) atoms. The largest absolute Gasteiger partial charge is 0.469 e. The lowest BCUT2D eigenvalue weighted by Crippen LogP contribution is -2.36. The lowest BCUT2D eigenvalue weighted by atomic mass is 9.84. The number of nitrogens with zero attached hydrogens (tertiary/aromatic N) is 2. The number of carbonyl (C=O) groups is 2. The Labute approximate surface area is 154 Å². The van der Waals surface area contributed by atoms with Crippen molar-refractivity contribution in [2.45, 2.75) is 19.2 Å². The van der Waals surface area contributed by atoms with Gasteiger partial charge in [-0.2, -0.15) is 0 Å². The predicted octanol–water partition coefficient (Wildman–Crippen LogP) is 1.53. The van der Waals surface area contributed by atoms with Crippen molar-refractivity contribution in [3.8, 4) is 11.8 Å². The predicted molar refractivity (Wildman–Crippen MR) is 98.8 cm³/mol. The summed E-state index contributed by atoms with van der Waals surface area (Å²) >= 11 is 0. The topological polar surface area (TPSA) is 59.1 Å². The number of carbonyl (C=O) groups excluding carboxylic acids is 2. The normalized spacial score (nSPS) is 18.2. The third kappa shape index (κ3) is 4.53. The zero-order valence-electron chi connectivity index (χ0n) is 15.1. The van der Waals surface area contributed by atoms with E-state index in [0.717, 1.165) is 13.1 Å². The molecule has 2 amide bonds. The highest BCUT2D eigenvalue weighted by Crippen LogP contribution is 2.22. The van der Waals surface area contributed by atoms with Crippen LogP contribution in [-0.4, -0.2) is 68.6 Å². The molecule has 2 heterocycles. The quantitative estimate of drug-likeness (QED) is 0.355. The van der Waals surface area contributed by atoms with Crippen LogP contribution in [0.3, 0.4) is 0 Å². The van der Waals surface area contributed by atoms with Crippen molar-refractivity contribution in [3.63, 3.8) is 0 Å². The Bertz CT molecular complexity index is 683. The molecule has 1 saturated heterocycles. The lowest BCUT2D eigenvalue weighted by molar-refractivity contribution is 0.0653. The average molecular weight is 354 g/mol. The van der Waals surface area contributed by atoms with Gasteiger partial charge in [0, 0.05) is 45.6 Å². The standard InChI is InChI=1S/C19H23BN2O4/c1-21-12-14-25-20(26-15-13-21)10-6-2-3-7-11-22-18(23)16-8-4-5-9-17(16)19(22)24/h4-5,8-9H,3,7,10-15H2,1H3. The molecular formula is C19H23BN2O4. The number of imide groups is 1. The minimum atomic E-state index is -0.271. The number of hydrogen-bond donors (Lipinski definition) is 0. The summed E-state index contributed by atoms with van der Waals surface area (Å²) in [6.07, 6.45) is 1.83. The van der Waals surface area contributed by atoms with Crippen LogP contribution >= 0.6 is 0 Å². The zero-order valence-corrected chi connectivity index (χ0v) is 15.1. The molecular weight excluding hydrogens is 331 g/mol. The van der Waals surface area contributed by atoms with Gasteiger partial charge in [-0.15, -0.1) is 11.8 Å². The van der Waals surface area contributed by atoms with Crippen molar-refractivity contribution in [1.82, 2.24) is 9.80 Å². The van der Waals surface area contributed by atoms with Gasteiger partial charge in [-0.3, -0.25) is 14.5 Å². The van der Waals surface area contributed by atoms with E-state index in [1.54, 1.807) is 24.3 Å². The van der Waals surface area contributed by atoms with Crippen LogP contribution < -0.4 is 0 Å². The van der Waals surface area contributed by atoms with Crippen molar-refractivity contribution in [3.05, 3.63) is 35.4 Å². The first-order valence-corrected chi connectivity index (χ1v) is 8.99. The molecule has 0 unspecified atom stereocenters. The summed E-state index contributed by atoms with van der Waals surface area (Å²) in [5, 5.41) is 0. The lowest BCUT2D eigenvalue weighted by Gasteiger charge is -2.23. The minimum absolute atomic E-state index is 0.208. The van der Waals surface area contributed by atoms with Crippen molar-refractivity contribution in [1.29, 1.82) is 0 Å². The molecule has 6 nitrogen and oxygen atoms in total. The Morgan fingerprint density at radius 2 is 1.65 bits per heavy atom. The van der Waals surface area contributed by atoms with Crippen LogP contribution in [0.15, 0.2) is 24.3 Å². The van der Waals surface area contributed by atoms with E-state index < -0.39 is 0 Å². The van der Waals surface area contributed by atoms with Crippen LogP contribution in [0.4, 0.5) is 0 Å². The number of likely N-dealkylation sites (N-methyl/N-ethyl adjacent to an activating group) is 1. The molecule has 1 aromatic carbocycles. The van der Waals surface area contributed by atoms with E-state index in [0.29, 0.717) is 50.0 Å². The summed E-state index contributed by atoms with van der Waals surface area (Å²) in [6.45, 7) is 3.47. The van der Waals surface area contributed by atoms with E-state index in [-0.39, 0.29) is 18.9 Å². The van der Waals surface area contributed by atoms with Gasteiger partial charge in [-0.05, 0) is 25.6 Å². The highest BCUT2D eigenvalue weighted by atomic mass is 16.6. The molecule has 0 aliphatic carbocycles. The van der Waals surface area contributed by atoms with Crippen LogP contribution in [0.1, 0.15) is 33.6 Å². The summed E-state index contributed by atoms with van der Waals surface area (Å²) in [6, 6.07) is 6.94. The number of hydrogen-bond acceptors (Lipinski definition) is 5. The zero-order chi connectivity index (χ0) is 18.4. The van der Waals surface area contributed by atoms with E-state index >= 15 is 0 Å². The van der Waals surface area contributed by atoms with E-state index in [2.05, 4.69) is 16.7 Å². The summed E-state index contributed by atoms with van der Waals surface area (Å²) in [4.78, 5) is 28.0. The monoisotopic (exact) mass is 354 g/mol. The SMILES string of the molecule is CN1CCOB(CC#CCCCN2C(=O)c3ccccc3C2=O)OCC1. The van der Waals surface area contributed by atoms with Gasteiger partial charge in [-0.1, -0.05) is 12.1 Å². The van der Waals surface area contributed by atoms with Crippen molar-refractivity contribution in [2.75, 3.05) is 39.9 Å². The number of benzene rings is 1. The van der Waals surface area contributed by atoms with Crippen molar-refractivity contribution < 1.29 is 18.9 Å². The van der Waals surface area contributed by atoms with Crippen LogP contribution in [-0.2, 0) is 9.31 Å². The van der Waals surface area contributed by atoms with E-state index in [9.17, 15) is 9.59 Å². The molecule has 1 aromatic rings. The van der Waals surface area contributed by atoms with E-state index in [1.165, 1.54) is 4.90 Å². The van der Waals surface area contributed by atoms with Crippen molar-refractivity contribution >= 4 is 18.9 Å². The van der Waals surface area contributed by atoms with Gasteiger partial charge in [0.05, 0.1) is 11.1 Å². The molecule has 7 heteroatoms. The third-order valence-corrected chi connectivity index (χ3v) is 4.51. The van der Waals surface area contributed by atoms with Gasteiger partial charge >= 0.3 is 7.12 Å². The Hall–Kier alpha value is -2.14. The van der Waals surface area contributed by atoms with Crippen molar-refractivity contribution in [2.24, 2.45) is 0 Å². The molecule has 3 rings (SSSR count). The maximum atomic E-state index is 12.2. The molecule has 0 aromatic heterocycles. The first kappa shape index (κ1) is 18.6. The fourth-order valence-corrected chi connectivity index (χ4v) is 2.97. The Kier molecular flexibility index (Phi) is 6.45. The van der Waals surface area contributed by atoms with Gasteiger partial charge in [0.25, 0.3) is 11.8 Å². The highest BCUT2D eigenvalue weighted by molar-refractivity contribution is 6.45. The second-order valence-electron chi connectivity index (χ2n) is 6.44. The first-order chi connectivity index (χ1) is 12.7. The van der Waals surface area contributed by atoms with Crippen LogP contribution in [0.5, 0.6) is 0 Å². The fourth-order valence-electron chi connectivity index (χ4n) is 2.97. The Morgan fingerprint density at radius 3 is 2.27 bits per heavy atom. The molecule has 0 saturated carbocycles. The molecule has 2 aliphatic heterocycles. The molecule has 0 bridgehead atoms. The van der Waals surface area contributed by atoms with Crippen LogP contribution in [0.2, 0.25) is 6.32 Å². The minimum Gasteiger partial charge on any atom is -0.409 e. The molecule has 0 atom stereocenters. The van der Waals surface area contributed by atoms with Gasteiger partial charge in [0.2, 0.25) is 0 Å². The summed E-state index contributed by atoms with van der Waals surface area (Å²) in [5.74, 6) is 5.74. The number of fused-ring (bicyclic) bond motifs is 1. The van der Waals surface area contributed by atoms with E-state index in [4.69, 9.17) is 9.31 Å². The first-order valence-electron chi connectivity index (χ1n) is 8.99. The average Bonchev–Trinajstić information content (AvgIpc) is 2.87. The molecule has 0 spiro atoms. The second kappa shape index (κ2) is 8.99. The summed E-state index contributed by atoms with van der Waals surface area (Å²) in [7, 11) is 1.77. The summed E-state index contributed by atoms with van der Waals surface area (Å²) < 4.78 is 11.3. The smallest absolute Gasteiger partial charge is 0.409 e. The fraction of sp³-hybridized carbons (Fsp3) is 0.474. The number of amides is 2. The maximum Gasteiger partial charge on any atom is 0.469 e. The van der Waals surface area contributed by atoms with E-state index in [1.807, 2.05) is 7.05 Å². The molecule has 0 N–H and O–H groups in total. The van der Waals surface area contributed by atoms with Gasteiger partial charge in [-0.25, -0.2) is 0 Å². The number of unbranched alkanes of at least 4 members (excludes halogenated alkanes) is 1. The number of rotatable bonds is 4. The van der Waals surface area contributed by atoms with Crippen LogP contribution in [0.25, 0.3) is 0 Å².